The molecule has 0 radical (unpaired) electrons. The number of rotatable bonds is 3. The highest BCUT2D eigenvalue weighted by atomic mass is 16.7. The van der Waals surface area contributed by atoms with Crippen molar-refractivity contribution in [3.8, 4) is 11.5 Å². The van der Waals surface area contributed by atoms with E-state index in [9.17, 15) is 0 Å². The van der Waals surface area contributed by atoms with Crippen molar-refractivity contribution in [2.75, 3.05) is 19.9 Å². The molecular formula is C13H17NO4. The monoisotopic (exact) mass is 251 g/mol. The molecule has 3 rings (SSSR count). The van der Waals surface area contributed by atoms with E-state index in [0.717, 1.165) is 17.1 Å². The highest BCUT2D eigenvalue weighted by Crippen LogP contribution is 2.35. The van der Waals surface area contributed by atoms with Crippen LogP contribution in [0.3, 0.4) is 0 Å². The molecule has 1 aromatic rings. The predicted octanol–water partition coefficient (Wildman–Crippen LogP) is 1.05. The van der Waals surface area contributed by atoms with Gasteiger partial charge in [-0.05, 0) is 24.6 Å². The number of benzene rings is 1. The summed E-state index contributed by atoms with van der Waals surface area (Å²) < 4.78 is 22.1. The minimum atomic E-state index is -0.599. The standard InChI is InChI=1S/C13H17NO4/c1-13(17-7-10(6-14)18-13)5-9-2-3-11-12(4-9)16-8-15-11/h2-4,10H,5-8,14H2,1H3. The van der Waals surface area contributed by atoms with Crippen LogP contribution in [0.5, 0.6) is 11.5 Å². The van der Waals surface area contributed by atoms with Gasteiger partial charge in [-0.1, -0.05) is 6.07 Å². The molecule has 2 heterocycles. The van der Waals surface area contributed by atoms with Crippen molar-refractivity contribution in [2.45, 2.75) is 25.2 Å². The highest BCUT2D eigenvalue weighted by Gasteiger charge is 2.36. The van der Waals surface area contributed by atoms with Gasteiger partial charge in [0, 0.05) is 13.0 Å². The summed E-state index contributed by atoms with van der Waals surface area (Å²) in [4.78, 5) is 0. The Labute approximate surface area is 106 Å². The molecule has 0 spiro atoms. The van der Waals surface area contributed by atoms with Gasteiger partial charge in [0.2, 0.25) is 6.79 Å². The molecular weight excluding hydrogens is 234 g/mol. The van der Waals surface area contributed by atoms with E-state index < -0.39 is 5.79 Å². The Morgan fingerprint density at radius 2 is 2.17 bits per heavy atom. The first kappa shape index (κ1) is 11.8. The number of ether oxygens (including phenoxy) is 4. The Bertz CT molecular complexity index is 451. The fourth-order valence-electron chi connectivity index (χ4n) is 2.32. The number of hydrogen-bond donors (Lipinski definition) is 1. The zero-order chi connectivity index (χ0) is 12.6. The van der Waals surface area contributed by atoms with Crippen molar-refractivity contribution in [1.29, 1.82) is 0 Å². The van der Waals surface area contributed by atoms with Crippen LogP contribution in [0, 0.1) is 0 Å². The first-order valence-corrected chi connectivity index (χ1v) is 6.09. The van der Waals surface area contributed by atoms with Gasteiger partial charge in [0.1, 0.15) is 0 Å². The molecule has 2 unspecified atom stereocenters. The van der Waals surface area contributed by atoms with Crippen LogP contribution >= 0.6 is 0 Å². The third-order valence-electron chi connectivity index (χ3n) is 3.22. The Hall–Kier alpha value is -1.30. The minimum Gasteiger partial charge on any atom is -0.454 e. The first-order chi connectivity index (χ1) is 8.68. The van der Waals surface area contributed by atoms with Crippen molar-refractivity contribution < 1.29 is 18.9 Å². The van der Waals surface area contributed by atoms with Crippen LogP contribution in [-0.2, 0) is 15.9 Å². The predicted molar refractivity (Wildman–Crippen MR) is 64.6 cm³/mol. The molecule has 5 heteroatoms. The smallest absolute Gasteiger partial charge is 0.231 e. The molecule has 2 atom stereocenters. The summed E-state index contributed by atoms with van der Waals surface area (Å²) >= 11 is 0. The summed E-state index contributed by atoms with van der Waals surface area (Å²) in [5.74, 6) is 0.971. The minimum absolute atomic E-state index is 0.0102. The normalized spacial score (nSPS) is 29.8. The van der Waals surface area contributed by atoms with Gasteiger partial charge in [-0.15, -0.1) is 0 Å². The van der Waals surface area contributed by atoms with Crippen molar-refractivity contribution in [1.82, 2.24) is 0 Å². The number of hydrogen-bond acceptors (Lipinski definition) is 5. The van der Waals surface area contributed by atoms with Gasteiger partial charge in [-0.25, -0.2) is 0 Å². The van der Waals surface area contributed by atoms with E-state index in [2.05, 4.69) is 0 Å². The van der Waals surface area contributed by atoms with Gasteiger partial charge in [-0.3, -0.25) is 0 Å². The summed E-state index contributed by atoms with van der Waals surface area (Å²) in [7, 11) is 0. The van der Waals surface area contributed by atoms with E-state index in [1.807, 2.05) is 25.1 Å². The largest absolute Gasteiger partial charge is 0.454 e. The lowest BCUT2D eigenvalue weighted by Gasteiger charge is -2.23. The number of nitrogens with two attached hydrogens (primary N) is 1. The zero-order valence-corrected chi connectivity index (χ0v) is 10.3. The van der Waals surface area contributed by atoms with Gasteiger partial charge in [0.25, 0.3) is 0 Å². The van der Waals surface area contributed by atoms with Crippen LogP contribution in [0.2, 0.25) is 0 Å². The number of fused-ring (bicyclic) bond motifs is 1. The van der Waals surface area contributed by atoms with Crippen molar-refractivity contribution in [3.05, 3.63) is 23.8 Å². The molecule has 18 heavy (non-hydrogen) atoms. The Kier molecular flexibility index (Phi) is 2.89. The molecule has 1 saturated heterocycles. The van der Waals surface area contributed by atoms with Crippen LogP contribution < -0.4 is 15.2 Å². The van der Waals surface area contributed by atoms with E-state index in [-0.39, 0.29) is 12.9 Å². The molecule has 2 aliphatic rings. The summed E-state index contributed by atoms with van der Waals surface area (Å²) in [6.07, 6.45) is 0.657. The first-order valence-electron chi connectivity index (χ1n) is 6.09. The van der Waals surface area contributed by atoms with Gasteiger partial charge in [-0.2, -0.15) is 0 Å². The lowest BCUT2D eigenvalue weighted by molar-refractivity contribution is -0.151. The van der Waals surface area contributed by atoms with Gasteiger partial charge < -0.3 is 24.7 Å². The molecule has 1 aromatic carbocycles. The second-order valence-corrected chi connectivity index (χ2v) is 4.78. The molecule has 0 saturated carbocycles. The van der Waals surface area contributed by atoms with Crippen LogP contribution in [0.25, 0.3) is 0 Å². The van der Waals surface area contributed by atoms with E-state index in [1.54, 1.807) is 0 Å². The summed E-state index contributed by atoms with van der Waals surface area (Å²) in [6.45, 7) is 3.26. The van der Waals surface area contributed by atoms with Crippen LogP contribution in [0.1, 0.15) is 12.5 Å². The van der Waals surface area contributed by atoms with Crippen LogP contribution in [-0.4, -0.2) is 31.8 Å². The third kappa shape index (κ3) is 2.16. The second kappa shape index (κ2) is 4.42. The fraction of sp³-hybridized carbons (Fsp3) is 0.538. The van der Waals surface area contributed by atoms with Gasteiger partial charge >= 0.3 is 0 Å². The third-order valence-corrected chi connectivity index (χ3v) is 3.22. The maximum absolute atomic E-state index is 5.80. The summed E-state index contributed by atoms with van der Waals surface area (Å²) in [6, 6.07) is 5.88. The Balaban J connectivity index is 1.73. The highest BCUT2D eigenvalue weighted by molar-refractivity contribution is 5.44. The molecule has 5 nitrogen and oxygen atoms in total. The molecule has 98 valence electrons. The lowest BCUT2D eigenvalue weighted by Crippen LogP contribution is -2.31. The maximum atomic E-state index is 5.80. The van der Waals surface area contributed by atoms with Gasteiger partial charge in [0.15, 0.2) is 17.3 Å². The molecule has 0 aliphatic carbocycles. The maximum Gasteiger partial charge on any atom is 0.231 e. The van der Waals surface area contributed by atoms with Crippen molar-refractivity contribution in [2.24, 2.45) is 5.73 Å². The molecule has 2 N–H and O–H groups in total. The molecule has 0 amide bonds. The average Bonchev–Trinajstić information content (AvgIpc) is 2.95. The topological polar surface area (TPSA) is 62.9 Å². The van der Waals surface area contributed by atoms with Crippen LogP contribution in [0.15, 0.2) is 18.2 Å². The lowest BCUT2D eigenvalue weighted by atomic mass is 10.1. The van der Waals surface area contributed by atoms with Crippen molar-refractivity contribution >= 4 is 0 Å². The van der Waals surface area contributed by atoms with Gasteiger partial charge in [0.05, 0.1) is 12.7 Å². The molecule has 2 aliphatic heterocycles. The average molecular weight is 251 g/mol. The molecule has 1 fully saturated rings. The van der Waals surface area contributed by atoms with E-state index >= 15 is 0 Å². The summed E-state index contributed by atoms with van der Waals surface area (Å²) in [5.41, 5.74) is 6.68. The SMILES string of the molecule is CC1(Cc2ccc3c(c2)OCO3)OCC(CN)O1. The zero-order valence-electron chi connectivity index (χ0n) is 10.3. The summed E-state index contributed by atoms with van der Waals surface area (Å²) in [5, 5.41) is 0. The van der Waals surface area contributed by atoms with E-state index in [1.165, 1.54) is 0 Å². The fourth-order valence-corrected chi connectivity index (χ4v) is 2.32. The Morgan fingerprint density at radius 1 is 1.33 bits per heavy atom. The Morgan fingerprint density at radius 3 is 2.94 bits per heavy atom. The van der Waals surface area contributed by atoms with Crippen LogP contribution in [0.4, 0.5) is 0 Å². The quantitative estimate of drug-likeness (QED) is 0.870. The molecule has 0 bridgehead atoms. The molecule has 0 aromatic heterocycles. The van der Waals surface area contributed by atoms with E-state index in [0.29, 0.717) is 19.6 Å². The second-order valence-electron chi connectivity index (χ2n) is 4.78. The van der Waals surface area contributed by atoms with Crippen molar-refractivity contribution in [3.63, 3.8) is 0 Å². The van der Waals surface area contributed by atoms with E-state index in [4.69, 9.17) is 24.7 Å².